The molecule has 0 amide bonds. The van der Waals surface area contributed by atoms with Crippen LogP contribution in [0.1, 0.15) is 31.2 Å². The summed E-state index contributed by atoms with van der Waals surface area (Å²) >= 11 is 0. The highest BCUT2D eigenvalue weighted by Crippen LogP contribution is 2.23. The highest BCUT2D eigenvalue weighted by atomic mass is 19.1. The van der Waals surface area contributed by atoms with Crippen molar-refractivity contribution in [2.45, 2.75) is 32.1 Å². The Hall–Kier alpha value is -1.70. The van der Waals surface area contributed by atoms with Gasteiger partial charge in [-0.05, 0) is 36.3 Å². The van der Waals surface area contributed by atoms with Crippen LogP contribution in [0, 0.1) is 5.82 Å². The third-order valence-electron chi connectivity index (χ3n) is 3.23. The molecular weight excluding hydrogens is 227 g/mol. The molecule has 2 heteroatoms. The number of halogens is 1. The summed E-state index contributed by atoms with van der Waals surface area (Å²) in [6.45, 7) is 0. The molecule has 0 aliphatic carbocycles. The van der Waals surface area contributed by atoms with Crippen LogP contribution in [0.2, 0.25) is 0 Å². The maximum atomic E-state index is 13.6. The zero-order valence-electron chi connectivity index (χ0n) is 10.4. The maximum absolute atomic E-state index is 13.6. The fraction of sp³-hybridized carbons (Fsp3) is 0.312. The Balaban J connectivity index is 2.09. The molecule has 0 saturated carbocycles. The summed E-state index contributed by atoms with van der Waals surface area (Å²) in [5.41, 5.74) is 1.19. The molecule has 0 aliphatic heterocycles. The summed E-state index contributed by atoms with van der Waals surface area (Å²) in [4.78, 5) is 10.2. The topological polar surface area (TPSA) is 17.1 Å². The van der Waals surface area contributed by atoms with Crippen molar-refractivity contribution in [2.75, 3.05) is 0 Å². The minimum Gasteiger partial charge on any atom is -0.303 e. The van der Waals surface area contributed by atoms with E-state index >= 15 is 0 Å². The average molecular weight is 244 g/mol. The molecule has 0 spiro atoms. The Morgan fingerprint density at radius 3 is 2.50 bits per heavy atom. The highest BCUT2D eigenvalue weighted by Gasteiger charge is 2.04. The number of carbonyl (C=O) groups excluding carboxylic acids is 1. The zero-order chi connectivity index (χ0) is 12.8. The van der Waals surface area contributed by atoms with Crippen molar-refractivity contribution in [2.24, 2.45) is 0 Å². The molecule has 0 saturated heterocycles. The van der Waals surface area contributed by atoms with Crippen LogP contribution >= 0.6 is 0 Å². The molecule has 94 valence electrons. The van der Waals surface area contributed by atoms with Crippen LogP contribution in [-0.2, 0) is 11.2 Å². The highest BCUT2D eigenvalue weighted by molar-refractivity contribution is 5.86. The summed E-state index contributed by atoms with van der Waals surface area (Å²) in [5.74, 6) is -0.157. The number of unbranched alkanes of at least 4 members (excludes halogenated alkanes) is 3. The molecule has 0 fully saturated rings. The van der Waals surface area contributed by atoms with Crippen molar-refractivity contribution in [3.8, 4) is 0 Å². The molecule has 2 rings (SSSR count). The Kier molecular flexibility index (Phi) is 4.46. The predicted octanol–water partition coefficient (Wildman–Crippen LogP) is 4.28. The van der Waals surface area contributed by atoms with Gasteiger partial charge >= 0.3 is 0 Å². The van der Waals surface area contributed by atoms with E-state index in [1.54, 1.807) is 6.07 Å². The second-order valence-electron chi connectivity index (χ2n) is 4.52. The average Bonchev–Trinajstić information content (AvgIpc) is 2.41. The van der Waals surface area contributed by atoms with Gasteiger partial charge in [0.05, 0.1) is 0 Å². The molecule has 2 aromatic rings. The largest absolute Gasteiger partial charge is 0.303 e. The summed E-state index contributed by atoms with van der Waals surface area (Å²) in [7, 11) is 0. The van der Waals surface area contributed by atoms with Crippen molar-refractivity contribution < 1.29 is 9.18 Å². The third kappa shape index (κ3) is 2.95. The van der Waals surface area contributed by atoms with Crippen molar-refractivity contribution in [1.29, 1.82) is 0 Å². The van der Waals surface area contributed by atoms with Crippen LogP contribution < -0.4 is 0 Å². The molecular formula is C16H17FO. The standard InChI is InChI=1S/C16H17FO/c17-16-11-10-13(7-3-1-2-6-12-18)14-8-4-5-9-15(14)16/h4-5,8-12H,1-3,6-7H2. The number of rotatable bonds is 6. The molecule has 2 aromatic carbocycles. The van der Waals surface area contributed by atoms with Gasteiger partial charge in [0.1, 0.15) is 12.1 Å². The van der Waals surface area contributed by atoms with E-state index in [1.807, 2.05) is 30.3 Å². The van der Waals surface area contributed by atoms with Crippen LogP contribution in [0.15, 0.2) is 36.4 Å². The van der Waals surface area contributed by atoms with E-state index in [0.717, 1.165) is 37.4 Å². The van der Waals surface area contributed by atoms with E-state index in [9.17, 15) is 9.18 Å². The summed E-state index contributed by atoms with van der Waals surface area (Å²) in [5, 5.41) is 1.70. The zero-order valence-corrected chi connectivity index (χ0v) is 10.4. The van der Waals surface area contributed by atoms with Gasteiger partial charge in [0.25, 0.3) is 0 Å². The van der Waals surface area contributed by atoms with Gasteiger partial charge in [0.15, 0.2) is 0 Å². The fourth-order valence-electron chi connectivity index (χ4n) is 2.26. The van der Waals surface area contributed by atoms with E-state index in [0.29, 0.717) is 11.8 Å². The van der Waals surface area contributed by atoms with Gasteiger partial charge < -0.3 is 4.79 Å². The molecule has 1 nitrogen and oxygen atoms in total. The van der Waals surface area contributed by atoms with Crippen LogP contribution in [-0.4, -0.2) is 6.29 Å². The van der Waals surface area contributed by atoms with E-state index in [4.69, 9.17) is 0 Å². The van der Waals surface area contributed by atoms with Crippen molar-refractivity contribution in [3.05, 3.63) is 47.8 Å². The first-order valence-corrected chi connectivity index (χ1v) is 6.42. The molecule has 18 heavy (non-hydrogen) atoms. The normalized spacial score (nSPS) is 10.7. The lowest BCUT2D eigenvalue weighted by Gasteiger charge is -2.07. The van der Waals surface area contributed by atoms with Crippen molar-refractivity contribution >= 4 is 17.1 Å². The van der Waals surface area contributed by atoms with Gasteiger partial charge in [0.2, 0.25) is 0 Å². The predicted molar refractivity (Wildman–Crippen MR) is 72.1 cm³/mol. The Labute approximate surface area is 107 Å². The van der Waals surface area contributed by atoms with E-state index in [2.05, 4.69) is 0 Å². The van der Waals surface area contributed by atoms with Gasteiger partial charge in [0, 0.05) is 11.8 Å². The maximum Gasteiger partial charge on any atom is 0.131 e. The van der Waals surface area contributed by atoms with Gasteiger partial charge in [-0.3, -0.25) is 0 Å². The van der Waals surface area contributed by atoms with Crippen molar-refractivity contribution in [3.63, 3.8) is 0 Å². The minimum absolute atomic E-state index is 0.157. The molecule has 0 N–H and O–H groups in total. The van der Waals surface area contributed by atoms with Gasteiger partial charge in [-0.15, -0.1) is 0 Å². The second-order valence-corrected chi connectivity index (χ2v) is 4.52. The number of fused-ring (bicyclic) bond motifs is 1. The first-order chi connectivity index (χ1) is 8.83. The summed E-state index contributed by atoms with van der Waals surface area (Å²) < 4.78 is 13.6. The van der Waals surface area contributed by atoms with Crippen LogP contribution in [0.3, 0.4) is 0 Å². The molecule has 0 atom stereocenters. The lowest BCUT2D eigenvalue weighted by atomic mass is 9.99. The molecule has 0 heterocycles. The van der Waals surface area contributed by atoms with E-state index < -0.39 is 0 Å². The van der Waals surface area contributed by atoms with Crippen LogP contribution in [0.25, 0.3) is 10.8 Å². The number of carbonyl (C=O) groups is 1. The van der Waals surface area contributed by atoms with E-state index in [-0.39, 0.29) is 5.82 Å². The van der Waals surface area contributed by atoms with Gasteiger partial charge in [-0.25, -0.2) is 4.39 Å². The Bertz CT molecular complexity index is 534. The molecule has 0 unspecified atom stereocenters. The lowest BCUT2D eigenvalue weighted by molar-refractivity contribution is -0.107. The lowest BCUT2D eigenvalue weighted by Crippen LogP contribution is -1.90. The van der Waals surface area contributed by atoms with E-state index in [1.165, 1.54) is 5.56 Å². The first kappa shape index (κ1) is 12.7. The quantitative estimate of drug-likeness (QED) is 0.547. The number of hydrogen-bond donors (Lipinski definition) is 0. The minimum atomic E-state index is -0.157. The van der Waals surface area contributed by atoms with Crippen molar-refractivity contribution in [1.82, 2.24) is 0 Å². The fourth-order valence-corrected chi connectivity index (χ4v) is 2.26. The number of benzene rings is 2. The second kappa shape index (κ2) is 6.29. The molecule has 0 radical (unpaired) electrons. The SMILES string of the molecule is O=CCCCCCc1ccc(F)c2ccccc12. The Morgan fingerprint density at radius 2 is 1.72 bits per heavy atom. The third-order valence-corrected chi connectivity index (χ3v) is 3.23. The van der Waals surface area contributed by atoms with Gasteiger partial charge in [-0.1, -0.05) is 36.8 Å². The summed E-state index contributed by atoms with van der Waals surface area (Å²) in [6, 6.07) is 11.0. The number of aldehydes is 1. The molecule has 0 aromatic heterocycles. The molecule has 0 bridgehead atoms. The smallest absolute Gasteiger partial charge is 0.131 e. The first-order valence-electron chi connectivity index (χ1n) is 6.42. The van der Waals surface area contributed by atoms with Crippen LogP contribution in [0.5, 0.6) is 0 Å². The number of aryl methyl sites for hydroxylation is 1. The molecule has 0 aliphatic rings. The summed E-state index contributed by atoms with van der Waals surface area (Å²) in [6.07, 6.45) is 5.59. The number of hydrogen-bond acceptors (Lipinski definition) is 1. The monoisotopic (exact) mass is 244 g/mol. The Morgan fingerprint density at radius 1 is 0.944 bits per heavy atom. The van der Waals surface area contributed by atoms with Gasteiger partial charge in [-0.2, -0.15) is 0 Å². The van der Waals surface area contributed by atoms with Crippen LogP contribution in [0.4, 0.5) is 4.39 Å².